The molecular formula is C19H22NO2+. The molecule has 0 N–H and O–H groups in total. The van der Waals surface area contributed by atoms with Crippen LogP contribution in [0.3, 0.4) is 0 Å². The van der Waals surface area contributed by atoms with E-state index in [1.165, 1.54) is 5.56 Å². The van der Waals surface area contributed by atoms with Crippen LogP contribution in [0.4, 0.5) is 0 Å². The van der Waals surface area contributed by atoms with Gasteiger partial charge in [0.1, 0.15) is 17.1 Å². The molecule has 3 nitrogen and oxygen atoms in total. The molecule has 0 aliphatic rings. The topological polar surface area (TPSA) is 22.8 Å². The van der Waals surface area contributed by atoms with Crippen LogP contribution < -0.4 is 9.47 Å². The molecule has 0 aliphatic heterocycles. The van der Waals surface area contributed by atoms with Gasteiger partial charge in [0.25, 0.3) is 6.54 Å². The summed E-state index contributed by atoms with van der Waals surface area (Å²) in [7, 11) is 1.66. The number of ether oxygens (including phenoxy) is 2. The lowest BCUT2D eigenvalue weighted by molar-refractivity contribution is 0.242. The second-order valence-electron chi connectivity index (χ2n) is 5.28. The van der Waals surface area contributed by atoms with E-state index in [0.717, 1.165) is 30.0 Å². The van der Waals surface area contributed by atoms with Gasteiger partial charge >= 0.3 is 6.07 Å². The van der Waals surface area contributed by atoms with Gasteiger partial charge in [0.2, 0.25) is 0 Å². The Morgan fingerprint density at radius 1 is 0.955 bits per heavy atom. The van der Waals surface area contributed by atoms with Crippen LogP contribution >= 0.6 is 0 Å². The summed E-state index contributed by atoms with van der Waals surface area (Å²) in [6, 6.07) is 18.9. The van der Waals surface area contributed by atoms with Crippen LogP contribution in [0.25, 0.3) is 4.85 Å². The van der Waals surface area contributed by atoms with Gasteiger partial charge in [-0.05, 0) is 55.8 Å². The van der Waals surface area contributed by atoms with Crippen LogP contribution in [0, 0.1) is 6.07 Å². The first kappa shape index (κ1) is 15.9. The van der Waals surface area contributed by atoms with E-state index in [9.17, 15) is 0 Å². The number of hydrogen-bond acceptors (Lipinski definition) is 2. The third-order valence-electron chi connectivity index (χ3n) is 3.11. The van der Waals surface area contributed by atoms with Crippen LogP contribution in [0.2, 0.25) is 0 Å². The summed E-state index contributed by atoms with van der Waals surface area (Å²) in [6.45, 7) is 4.77. The third-order valence-corrected chi connectivity index (χ3v) is 3.11. The molecule has 0 saturated carbocycles. The van der Waals surface area contributed by atoms with Crippen molar-refractivity contribution < 1.29 is 9.47 Å². The predicted molar refractivity (Wildman–Crippen MR) is 90.1 cm³/mol. The molecule has 114 valence electrons. The molecule has 0 radical (unpaired) electrons. The molecule has 0 amide bonds. The number of benzene rings is 2. The van der Waals surface area contributed by atoms with Crippen molar-refractivity contribution in [1.29, 1.82) is 0 Å². The van der Waals surface area contributed by atoms with Crippen molar-refractivity contribution in [3.05, 3.63) is 64.5 Å². The van der Waals surface area contributed by atoms with Gasteiger partial charge in [-0.25, -0.2) is 0 Å². The largest absolute Gasteiger partial charge is 0.497 e. The monoisotopic (exact) mass is 296 g/mol. The summed E-state index contributed by atoms with van der Waals surface area (Å²) in [4.78, 5) is 4.34. The Kier molecular flexibility index (Phi) is 5.85. The Balaban J connectivity index is 1.84. The Morgan fingerprint density at radius 3 is 2.18 bits per heavy atom. The second kappa shape index (κ2) is 8.09. The fraction of sp³-hybridized carbons (Fsp3) is 0.316. The fourth-order valence-electron chi connectivity index (χ4n) is 2.00. The zero-order chi connectivity index (χ0) is 15.8. The average Bonchev–Trinajstić information content (AvgIpc) is 2.53. The van der Waals surface area contributed by atoms with Gasteiger partial charge in [-0.1, -0.05) is 17.0 Å². The van der Waals surface area contributed by atoms with Crippen LogP contribution in [-0.4, -0.2) is 19.8 Å². The van der Waals surface area contributed by atoms with Crippen molar-refractivity contribution in [3.8, 4) is 17.6 Å². The van der Waals surface area contributed by atoms with E-state index in [4.69, 9.17) is 9.47 Å². The summed E-state index contributed by atoms with van der Waals surface area (Å²) in [5.74, 6) is 1.75. The molecular weight excluding hydrogens is 274 g/mol. The Labute approximate surface area is 132 Å². The van der Waals surface area contributed by atoms with Crippen molar-refractivity contribution in [2.45, 2.75) is 26.4 Å². The molecule has 2 rings (SSSR count). The maximum Gasteiger partial charge on any atom is 0.311 e. The SMILES string of the molecule is COc1ccc(C#[N+]CCc2ccc(OC(C)C)cc2)cc1. The van der Waals surface area contributed by atoms with Gasteiger partial charge in [0, 0.05) is 6.42 Å². The van der Waals surface area contributed by atoms with Crippen LogP contribution in [0.15, 0.2) is 48.5 Å². The minimum atomic E-state index is 0.203. The van der Waals surface area contributed by atoms with E-state index in [1.807, 2.05) is 50.2 Å². The summed E-state index contributed by atoms with van der Waals surface area (Å²) in [5, 5.41) is 0. The van der Waals surface area contributed by atoms with Gasteiger partial charge in [-0.3, -0.25) is 0 Å². The van der Waals surface area contributed by atoms with Crippen molar-refractivity contribution in [2.75, 3.05) is 13.7 Å². The summed E-state index contributed by atoms with van der Waals surface area (Å²) in [5.41, 5.74) is 2.21. The molecule has 0 saturated heterocycles. The average molecular weight is 296 g/mol. The Hall–Kier alpha value is -2.47. The maximum absolute atomic E-state index is 5.63. The molecule has 2 aromatic carbocycles. The first-order valence-corrected chi connectivity index (χ1v) is 7.49. The molecule has 0 fully saturated rings. The highest BCUT2D eigenvalue weighted by Gasteiger charge is 2.01. The number of rotatable bonds is 5. The first-order valence-electron chi connectivity index (χ1n) is 7.49. The van der Waals surface area contributed by atoms with E-state index >= 15 is 0 Å². The standard InChI is InChI=1S/C19H22NO2/c1-15(2)22-19-10-4-16(5-11-19)12-13-20-14-17-6-8-18(21-3)9-7-17/h4-11,15H,12-13H2,1-3H3/q+1. The zero-order valence-corrected chi connectivity index (χ0v) is 13.4. The van der Waals surface area contributed by atoms with Crippen LogP contribution in [-0.2, 0) is 6.42 Å². The van der Waals surface area contributed by atoms with Gasteiger partial charge in [0.05, 0.1) is 13.2 Å². The second-order valence-corrected chi connectivity index (χ2v) is 5.28. The minimum Gasteiger partial charge on any atom is -0.497 e. The molecule has 0 unspecified atom stereocenters. The van der Waals surface area contributed by atoms with Crippen molar-refractivity contribution in [3.63, 3.8) is 0 Å². The van der Waals surface area contributed by atoms with Crippen LogP contribution in [0.1, 0.15) is 25.0 Å². The van der Waals surface area contributed by atoms with Gasteiger partial charge in [-0.15, -0.1) is 0 Å². The summed E-state index contributed by atoms with van der Waals surface area (Å²) in [6.07, 6.45) is 1.10. The molecule has 3 heteroatoms. The fourth-order valence-corrected chi connectivity index (χ4v) is 2.00. The smallest absolute Gasteiger partial charge is 0.311 e. The van der Waals surface area contributed by atoms with E-state index < -0.39 is 0 Å². The molecule has 0 spiro atoms. The quantitative estimate of drug-likeness (QED) is 0.816. The number of methoxy groups -OCH3 is 1. The lowest BCUT2D eigenvalue weighted by atomic mass is 10.1. The highest BCUT2D eigenvalue weighted by Crippen LogP contribution is 2.14. The maximum atomic E-state index is 5.63. The van der Waals surface area contributed by atoms with E-state index in [1.54, 1.807) is 7.11 Å². The Morgan fingerprint density at radius 2 is 1.59 bits per heavy atom. The lowest BCUT2D eigenvalue weighted by Crippen LogP contribution is -2.05. The highest BCUT2D eigenvalue weighted by molar-refractivity contribution is 5.36. The molecule has 22 heavy (non-hydrogen) atoms. The highest BCUT2D eigenvalue weighted by atomic mass is 16.5. The zero-order valence-electron chi connectivity index (χ0n) is 13.4. The van der Waals surface area contributed by atoms with Crippen molar-refractivity contribution in [1.82, 2.24) is 0 Å². The van der Waals surface area contributed by atoms with E-state index in [0.29, 0.717) is 0 Å². The van der Waals surface area contributed by atoms with Crippen molar-refractivity contribution >= 4 is 0 Å². The van der Waals surface area contributed by atoms with Gasteiger partial charge in [-0.2, -0.15) is 0 Å². The van der Waals surface area contributed by atoms with Crippen molar-refractivity contribution in [2.24, 2.45) is 0 Å². The summed E-state index contributed by atoms with van der Waals surface area (Å²) < 4.78 is 10.7. The molecule has 2 aromatic rings. The Bertz CT molecular complexity index is 634. The lowest BCUT2D eigenvalue weighted by Gasteiger charge is -2.09. The number of hydrogen-bond donors (Lipinski definition) is 0. The van der Waals surface area contributed by atoms with Gasteiger partial charge < -0.3 is 9.47 Å². The molecule has 0 aliphatic carbocycles. The molecule has 0 heterocycles. The minimum absolute atomic E-state index is 0.203. The molecule has 0 atom stereocenters. The van der Waals surface area contributed by atoms with Gasteiger partial charge in [0.15, 0.2) is 0 Å². The molecule has 0 bridgehead atoms. The van der Waals surface area contributed by atoms with E-state index in [-0.39, 0.29) is 6.10 Å². The first-order chi connectivity index (χ1) is 10.7. The summed E-state index contributed by atoms with van der Waals surface area (Å²) >= 11 is 0. The van der Waals surface area contributed by atoms with Crippen LogP contribution in [0.5, 0.6) is 11.5 Å². The third kappa shape index (κ3) is 5.14. The normalized spacial score (nSPS) is 10.0. The number of nitrogens with zero attached hydrogens (tertiary/aromatic N) is 1. The molecule has 0 aromatic heterocycles. The van der Waals surface area contributed by atoms with E-state index in [2.05, 4.69) is 23.0 Å². The predicted octanol–water partition coefficient (Wildman–Crippen LogP) is 4.41.